The van der Waals surface area contributed by atoms with Crippen molar-refractivity contribution in [1.82, 2.24) is 0 Å². The van der Waals surface area contributed by atoms with Crippen LogP contribution in [0, 0.1) is 0 Å². The summed E-state index contributed by atoms with van der Waals surface area (Å²) in [6.45, 7) is 3.02. The third-order valence-corrected chi connectivity index (χ3v) is 6.23. The van der Waals surface area contributed by atoms with Gasteiger partial charge in [0.25, 0.3) is 0 Å². The molecule has 1 saturated heterocycles. The molecule has 0 atom stereocenters. The summed E-state index contributed by atoms with van der Waals surface area (Å²) in [6.07, 6.45) is 3.70. The number of hydrogen-bond acceptors (Lipinski definition) is 1. The molecule has 3 rings (SSSR count). The summed E-state index contributed by atoms with van der Waals surface area (Å²) in [6, 6.07) is 13.2. The highest BCUT2D eigenvalue weighted by Crippen LogP contribution is 2.35. The molecule has 1 nitrogen and oxygen atoms in total. The summed E-state index contributed by atoms with van der Waals surface area (Å²) < 4.78 is 5.95. The highest BCUT2D eigenvalue weighted by molar-refractivity contribution is 7.98. The molecule has 2 heteroatoms. The fraction of sp³-hybridized carbons (Fsp3) is 0.412. The standard InChI is InChI=1S/C17H21OS/c1-2-3-11-18-16-9-10-17(19-12-6-13-19)15-8-5-4-7-14(15)16/h4-5,7-10H,2-3,6,11-13H2,1H3/q+1. The average Bonchev–Trinajstić information content (AvgIpc) is 2.39. The molecule has 0 spiro atoms. The minimum absolute atomic E-state index is 0.494. The molecule has 0 amide bonds. The van der Waals surface area contributed by atoms with Gasteiger partial charge in [-0.3, -0.25) is 0 Å². The van der Waals surface area contributed by atoms with E-state index in [2.05, 4.69) is 43.3 Å². The molecule has 0 unspecified atom stereocenters. The lowest BCUT2D eigenvalue weighted by Gasteiger charge is -2.18. The average molecular weight is 273 g/mol. The lowest BCUT2D eigenvalue weighted by molar-refractivity contribution is 0.313. The number of fused-ring (bicyclic) bond motifs is 1. The van der Waals surface area contributed by atoms with E-state index < -0.39 is 0 Å². The number of unbranched alkanes of at least 4 members (excludes halogenated alkanes) is 1. The van der Waals surface area contributed by atoms with E-state index in [1.54, 1.807) is 4.90 Å². The minimum atomic E-state index is 0.494. The fourth-order valence-corrected chi connectivity index (χ4v) is 4.22. The Bertz CT molecular complexity index is 560. The third kappa shape index (κ3) is 2.59. The molecule has 0 saturated carbocycles. The van der Waals surface area contributed by atoms with E-state index in [9.17, 15) is 0 Å². The minimum Gasteiger partial charge on any atom is -0.493 e. The van der Waals surface area contributed by atoms with Crippen molar-refractivity contribution < 1.29 is 4.74 Å². The van der Waals surface area contributed by atoms with E-state index in [1.165, 1.54) is 35.1 Å². The van der Waals surface area contributed by atoms with E-state index >= 15 is 0 Å². The van der Waals surface area contributed by atoms with Crippen LogP contribution in [0.5, 0.6) is 5.75 Å². The van der Waals surface area contributed by atoms with Crippen molar-refractivity contribution in [3.63, 3.8) is 0 Å². The van der Waals surface area contributed by atoms with Gasteiger partial charge in [0.2, 0.25) is 0 Å². The zero-order chi connectivity index (χ0) is 13.1. The first-order valence-corrected chi connectivity index (χ1v) is 8.78. The maximum absolute atomic E-state index is 5.95. The summed E-state index contributed by atoms with van der Waals surface area (Å²) in [5.74, 6) is 3.80. The molecule has 1 aliphatic heterocycles. The fourth-order valence-electron chi connectivity index (χ4n) is 2.46. The first-order chi connectivity index (χ1) is 9.40. The summed E-state index contributed by atoms with van der Waals surface area (Å²) in [5.41, 5.74) is 0. The number of rotatable bonds is 5. The van der Waals surface area contributed by atoms with Gasteiger partial charge in [-0.05, 0) is 24.6 Å². The van der Waals surface area contributed by atoms with Crippen molar-refractivity contribution in [3.8, 4) is 5.75 Å². The number of ether oxygens (including phenoxy) is 1. The lowest BCUT2D eigenvalue weighted by atomic mass is 10.1. The van der Waals surface area contributed by atoms with E-state index in [0.29, 0.717) is 10.9 Å². The van der Waals surface area contributed by atoms with Gasteiger partial charge in [-0.1, -0.05) is 31.5 Å². The van der Waals surface area contributed by atoms with Gasteiger partial charge in [-0.15, -0.1) is 0 Å². The highest BCUT2D eigenvalue weighted by atomic mass is 32.2. The molecule has 1 aliphatic rings. The Labute approximate surface area is 118 Å². The normalized spacial score (nSPS) is 15.4. The number of benzene rings is 2. The SMILES string of the molecule is CCCCOc1ccc([S+]2CCC2)c2ccccc12. The predicted molar refractivity (Wildman–Crippen MR) is 84.3 cm³/mol. The van der Waals surface area contributed by atoms with Crippen LogP contribution in [0.25, 0.3) is 10.8 Å². The van der Waals surface area contributed by atoms with E-state index in [1.807, 2.05) is 0 Å². The second-order valence-corrected chi connectivity index (χ2v) is 7.31. The van der Waals surface area contributed by atoms with Gasteiger partial charge in [0.15, 0.2) is 4.90 Å². The maximum Gasteiger partial charge on any atom is 0.162 e. The molecule has 2 aromatic rings. The second kappa shape index (κ2) is 5.87. The van der Waals surface area contributed by atoms with Crippen LogP contribution in [0.1, 0.15) is 26.2 Å². The van der Waals surface area contributed by atoms with Crippen LogP contribution in [0.3, 0.4) is 0 Å². The molecule has 2 aromatic carbocycles. The molecule has 0 aromatic heterocycles. The Morgan fingerprint density at radius 2 is 1.84 bits per heavy atom. The van der Waals surface area contributed by atoms with Crippen molar-refractivity contribution >= 4 is 21.7 Å². The Balaban J connectivity index is 1.96. The Hall–Kier alpha value is -1.15. The van der Waals surface area contributed by atoms with Crippen molar-refractivity contribution in [2.75, 3.05) is 18.1 Å². The molecular formula is C17H21OS+. The van der Waals surface area contributed by atoms with E-state index in [4.69, 9.17) is 4.74 Å². The molecule has 1 fully saturated rings. The van der Waals surface area contributed by atoms with Gasteiger partial charge in [-0.2, -0.15) is 0 Å². The predicted octanol–water partition coefficient (Wildman–Crippen LogP) is 4.40. The van der Waals surface area contributed by atoms with E-state index in [-0.39, 0.29) is 0 Å². The van der Waals surface area contributed by atoms with Crippen molar-refractivity contribution in [3.05, 3.63) is 36.4 Å². The number of hydrogen-bond donors (Lipinski definition) is 0. The van der Waals surface area contributed by atoms with Gasteiger partial charge < -0.3 is 4.74 Å². The smallest absolute Gasteiger partial charge is 0.162 e. The molecule has 0 radical (unpaired) electrons. The van der Waals surface area contributed by atoms with Crippen LogP contribution in [-0.4, -0.2) is 18.1 Å². The largest absolute Gasteiger partial charge is 0.493 e. The third-order valence-electron chi connectivity index (χ3n) is 3.69. The second-order valence-electron chi connectivity index (χ2n) is 5.06. The van der Waals surface area contributed by atoms with Crippen LogP contribution < -0.4 is 4.74 Å². The molecular weight excluding hydrogens is 252 g/mol. The maximum atomic E-state index is 5.95. The topological polar surface area (TPSA) is 9.23 Å². The molecule has 19 heavy (non-hydrogen) atoms. The van der Waals surface area contributed by atoms with Crippen LogP contribution in [0.4, 0.5) is 0 Å². The van der Waals surface area contributed by atoms with Gasteiger partial charge in [-0.25, -0.2) is 0 Å². The quantitative estimate of drug-likeness (QED) is 0.579. The first-order valence-electron chi connectivity index (χ1n) is 7.22. The molecule has 1 heterocycles. The summed E-state index contributed by atoms with van der Waals surface area (Å²) in [7, 11) is 0.494. The first kappa shape index (κ1) is 12.9. The summed E-state index contributed by atoms with van der Waals surface area (Å²) >= 11 is 0. The molecule has 100 valence electrons. The van der Waals surface area contributed by atoms with Crippen LogP contribution in [-0.2, 0) is 10.9 Å². The Morgan fingerprint density at radius 3 is 2.53 bits per heavy atom. The molecule has 0 aliphatic carbocycles. The van der Waals surface area contributed by atoms with Gasteiger partial charge in [0.05, 0.1) is 6.61 Å². The van der Waals surface area contributed by atoms with E-state index in [0.717, 1.165) is 18.8 Å². The molecule has 0 bridgehead atoms. The van der Waals surface area contributed by atoms with Crippen molar-refractivity contribution in [2.24, 2.45) is 0 Å². The van der Waals surface area contributed by atoms with Crippen LogP contribution in [0.2, 0.25) is 0 Å². The van der Waals surface area contributed by atoms with Crippen molar-refractivity contribution in [1.29, 1.82) is 0 Å². The summed E-state index contributed by atoms with van der Waals surface area (Å²) in [4.78, 5) is 1.55. The summed E-state index contributed by atoms with van der Waals surface area (Å²) in [5, 5.41) is 2.69. The highest BCUT2D eigenvalue weighted by Gasteiger charge is 2.32. The zero-order valence-corrected chi connectivity index (χ0v) is 12.3. The zero-order valence-electron chi connectivity index (χ0n) is 11.5. The van der Waals surface area contributed by atoms with Crippen LogP contribution in [0.15, 0.2) is 41.3 Å². The van der Waals surface area contributed by atoms with Crippen molar-refractivity contribution in [2.45, 2.75) is 31.1 Å². The monoisotopic (exact) mass is 273 g/mol. The lowest BCUT2D eigenvalue weighted by Crippen LogP contribution is -2.24. The van der Waals surface area contributed by atoms with Gasteiger partial charge in [0.1, 0.15) is 17.3 Å². The van der Waals surface area contributed by atoms with Gasteiger partial charge >= 0.3 is 0 Å². The molecule has 0 N–H and O–H groups in total. The van der Waals surface area contributed by atoms with Crippen LogP contribution >= 0.6 is 0 Å². The Kier molecular flexibility index (Phi) is 3.97. The van der Waals surface area contributed by atoms with Gasteiger partial charge in [0, 0.05) is 28.1 Å². The Morgan fingerprint density at radius 1 is 1.05 bits per heavy atom.